The minimum absolute atomic E-state index is 0.107. The van der Waals surface area contributed by atoms with Gasteiger partial charge in [0.2, 0.25) is 11.8 Å². The Morgan fingerprint density at radius 1 is 0.871 bits per heavy atom. The van der Waals surface area contributed by atoms with E-state index in [9.17, 15) is 9.59 Å². The fraction of sp³-hybridized carbons (Fsp3) is 0.462. The largest absolute Gasteiger partial charge is 0.342 e. The molecule has 0 bridgehead atoms. The van der Waals surface area contributed by atoms with E-state index in [2.05, 4.69) is 29.2 Å². The van der Waals surface area contributed by atoms with E-state index in [4.69, 9.17) is 0 Å². The second-order valence-corrected chi connectivity index (χ2v) is 8.81. The smallest absolute Gasteiger partial charge is 0.237 e. The van der Waals surface area contributed by atoms with Gasteiger partial charge in [-0.3, -0.25) is 14.5 Å². The molecule has 0 radical (unpaired) electrons. The average Bonchev–Trinajstić information content (AvgIpc) is 3.36. The lowest BCUT2D eigenvalue weighted by molar-refractivity contribution is -0.136. The summed E-state index contributed by atoms with van der Waals surface area (Å²) in [5.41, 5.74) is 2.22. The standard InChI is InChI=1S/C26H33N3O2/c1-27(25(21-10-4-2-5-11-21)22-12-6-3-7-13-22)24(30)20-28-18-14-23(15-19-28)26(31)29-16-8-9-17-29/h2-7,10-13,23,25H,8-9,14-20H2,1H3. The third-order valence-corrected chi connectivity index (χ3v) is 6.72. The van der Waals surface area contributed by atoms with Gasteiger partial charge in [-0.15, -0.1) is 0 Å². The molecule has 5 nitrogen and oxygen atoms in total. The third-order valence-electron chi connectivity index (χ3n) is 6.72. The van der Waals surface area contributed by atoms with Crippen LogP contribution in [0.25, 0.3) is 0 Å². The number of carbonyl (C=O) groups is 2. The molecule has 2 aliphatic rings. The van der Waals surface area contributed by atoms with Gasteiger partial charge < -0.3 is 9.80 Å². The summed E-state index contributed by atoms with van der Waals surface area (Å²) < 4.78 is 0. The number of nitrogens with zero attached hydrogens (tertiary/aromatic N) is 3. The number of hydrogen-bond donors (Lipinski definition) is 0. The van der Waals surface area contributed by atoms with Crippen molar-refractivity contribution >= 4 is 11.8 Å². The van der Waals surface area contributed by atoms with Gasteiger partial charge in [-0.1, -0.05) is 60.7 Å². The summed E-state index contributed by atoms with van der Waals surface area (Å²) in [4.78, 5) is 32.0. The van der Waals surface area contributed by atoms with Crippen molar-refractivity contribution in [1.82, 2.24) is 14.7 Å². The van der Waals surface area contributed by atoms with E-state index in [0.717, 1.165) is 63.0 Å². The molecule has 2 aliphatic heterocycles. The lowest BCUT2D eigenvalue weighted by Gasteiger charge is -2.35. The predicted molar refractivity (Wildman–Crippen MR) is 122 cm³/mol. The number of likely N-dealkylation sites (N-methyl/N-ethyl adjacent to an activating group) is 1. The van der Waals surface area contributed by atoms with Crippen molar-refractivity contribution in [3.8, 4) is 0 Å². The molecule has 0 N–H and O–H groups in total. The zero-order valence-corrected chi connectivity index (χ0v) is 18.5. The lowest BCUT2D eigenvalue weighted by Crippen LogP contribution is -2.46. The van der Waals surface area contributed by atoms with Crippen molar-refractivity contribution in [2.24, 2.45) is 5.92 Å². The van der Waals surface area contributed by atoms with E-state index in [0.29, 0.717) is 12.5 Å². The van der Waals surface area contributed by atoms with Gasteiger partial charge in [0.15, 0.2) is 0 Å². The molecule has 2 fully saturated rings. The second-order valence-electron chi connectivity index (χ2n) is 8.81. The maximum absolute atomic E-state index is 13.2. The Hall–Kier alpha value is -2.66. The summed E-state index contributed by atoms with van der Waals surface area (Å²) in [5, 5.41) is 0. The van der Waals surface area contributed by atoms with Gasteiger partial charge in [0.25, 0.3) is 0 Å². The van der Waals surface area contributed by atoms with Crippen LogP contribution in [-0.4, -0.2) is 66.3 Å². The molecule has 2 aromatic rings. The van der Waals surface area contributed by atoms with Crippen LogP contribution in [-0.2, 0) is 9.59 Å². The highest BCUT2D eigenvalue weighted by molar-refractivity contribution is 5.80. The van der Waals surface area contributed by atoms with Gasteiger partial charge in [-0.05, 0) is 49.9 Å². The van der Waals surface area contributed by atoms with Crippen LogP contribution in [0.3, 0.4) is 0 Å². The molecule has 2 heterocycles. The SMILES string of the molecule is CN(C(=O)CN1CCC(C(=O)N2CCCC2)CC1)C(c1ccccc1)c1ccccc1. The van der Waals surface area contributed by atoms with Crippen LogP contribution in [0.4, 0.5) is 0 Å². The van der Waals surface area contributed by atoms with E-state index in [-0.39, 0.29) is 17.9 Å². The molecule has 2 amide bonds. The van der Waals surface area contributed by atoms with Crippen LogP contribution >= 0.6 is 0 Å². The Morgan fingerprint density at radius 3 is 1.90 bits per heavy atom. The molecule has 2 saturated heterocycles. The first-order valence-electron chi connectivity index (χ1n) is 11.5. The Morgan fingerprint density at radius 2 is 1.39 bits per heavy atom. The highest BCUT2D eigenvalue weighted by Crippen LogP contribution is 2.28. The normalized spacial score (nSPS) is 17.8. The van der Waals surface area contributed by atoms with Crippen LogP contribution in [0.2, 0.25) is 0 Å². The van der Waals surface area contributed by atoms with Crippen molar-refractivity contribution in [3.63, 3.8) is 0 Å². The van der Waals surface area contributed by atoms with Crippen LogP contribution < -0.4 is 0 Å². The number of rotatable bonds is 6. The molecule has 0 saturated carbocycles. The Labute approximate surface area is 185 Å². The van der Waals surface area contributed by atoms with Crippen LogP contribution in [0.1, 0.15) is 42.9 Å². The number of amides is 2. The average molecular weight is 420 g/mol. The zero-order valence-electron chi connectivity index (χ0n) is 18.5. The molecule has 0 aromatic heterocycles. The second kappa shape index (κ2) is 10.1. The highest BCUT2D eigenvalue weighted by Gasteiger charge is 2.31. The van der Waals surface area contributed by atoms with Crippen molar-refractivity contribution in [2.75, 3.05) is 39.8 Å². The van der Waals surface area contributed by atoms with Gasteiger partial charge in [-0.25, -0.2) is 0 Å². The summed E-state index contributed by atoms with van der Waals surface area (Å²) in [7, 11) is 1.90. The number of carbonyl (C=O) groups excluding carboxylic acids is 2. The number of likely N-dealkylation sites (tertiary alicyclic amines) is 2. The summed E-state index contributed by atoms with van der Waals surface area (Å²) in [6.45, 7) is 3.86. The van der Waals surface area contributed by atoms with Crippen molar-refractivity contribution in [1.29, 1.82) is 0 Å². The molecule has 0 aliphatic carbocycles. The Kier molecular flexibility index (Phi) is 7.03. The van der Waals surface area contributed by atoms with Crippen molar-refractivity contribution in [2.45, 2.75) is 31.7 Å². The van der Waals surface area contributed by atoms with Gasteiger partial charge in [0.1, 0.15) is 0 Å². The van der Waals surface area contributed by atoms with Gasteiger partial charge >= 0.3 is 0 Å². The molecule has 164 valence electrons. The summed E-state index contributed by atoms with van der Waals surface area (Å²) in [6, 6.07) is 20.3. The molecule has 0 atom stereocenters. The van der Waals surface area contributed by atoms with Gasteiger partial charge in [0, 0.05) is 26.1 Å². The molecule has 4 rings (SSSR count). The topological polar surface area (TPSA) is 43.9 Å². The first-order chi connectivity index (χ1) is 15.1. The van der Waals surface area contributed by atoms with E-state index in [1.165, 1.54) is 0 Å². The third kappa shape index (κ3) is 5.16. The first-order valence-corrected chi connectivity index (χ1v) is 11.5. The lowest BCUT2D eigenvalue weighted by atomic mass is 9.95. The molecule has 0 unspecified atom stereocenters. The van der Waals surface area contributed by atoms with E-state index < -0.39 is 0 Å². The monoisotopic (exact) mass is 419 g/mol. The molecule has 5 heteroatoms. The van der Waals surface area contributed by atoms with E-state index in [1.54, 1.807) is 0 Å². The molecule has 2 aromatic carbocycles. The highest BCUT2D eigenvalue weighted by atomic mass is 16.2. The van der Waals surface area contributed by atoms with E-state index in [1.807, 2.05) is 53.2 Å². The molecular formula is C26H33N3O2. The Bertz CT molecular complexity index is 817. The van der Waals surface area contributed by atoms with Crippen LogP contribution in [0.15, 0.2) is 60.7 Å². The summed E-state index contributed by atoms with van der Waals surface area (Å²) in [5.74, 6) is 0.569. The summed E-state index contributed by atoms with van der Waals surface area (Å²) in [6.07, 6.45) is 3.98. The van der Waals surface area contributed by atoms with Crippen molar-refractivity contribution < 1.29 is 9.59 Å². The molecular weight excluding hydrogens is 386 g/mol. The zero-order chi connectivity index (χ0) is 21.6. The fourth-order valence-corrected chi connectivity index (χ4v) is 4.89. The summed E-state index contributed by atoms with van der Waals surface area (Å²) >= 11 is 0. The fourth-order valence-electron chi connectivity index (χ4n) is 4.89. The van der Waals surface area contributed by atoms with Gasteiger partial charge in [0.05, 0.1) is 12.6 Å². The maximum Gasteiger partial charge on any atom is 0.237 e. The van der Waals surface area contributed by atoms with E-state index >= 15 is 0 Å². The number of piperidine rings is 1. The predicted octanol–water partition coefficient (Wildman–Crippen LogP) is 3.57. The number of hydrogen-bond acceptors (Lipinski definition) is 3. The van der Waals surface area contributed by atoms with Crippen LogP contribution in [0, 0.1) is 5.92 Å². The first kappa shape index (κ1) is 21.6. The Balaban J connectivity index is 1.37. The minimum Gasteiger partial charge on any atom is -0.342 e. The molecule has 0 spiro atoms. The van der Waals surface area contributed by atoms with Crippen LogP contribution in [0.5, 0.6) is 0 Å². The van der Waals surface area contributed by atoms with Gasteiger partial charge in [-0.2, -0.15) is 0 Å². The maximum atomic E-state index is 13.2. The van der Waals surface area contributed by atoms with Crippen molar-refractivity contribution in [3.05, 3.63) is 71.8 Å². The quantitative estimate of drug-likeness (QED) is 0.719. The molecule has 31 heavy (non-hydrogen) atoms. The minimum atomic E-state index is -0.107. The number of benzene rings is 2.